The van der Waals surface area contributed by atoms with Gasteiger partial charge in [-0.25, -0.2) is 4.68 Å². The number of hydrogen-bond donors (Lipinski definition) is 1. The number of anilines is 2. The van der Waals surface area contributed by atoms with E-state index in [4.69, 9.17) is 0 Å². The van der Waals surface area contributed by atoms with Gasteiger partial charge >= 0.3 is 0 Å². The molecule has 120 valence electrons. The van der Waals surface area contributed by atoms with Gasteiger partial charge in [0.05, 0.1) is 17.6 Å². The van der Waals surface area contributed by atoms with Gasteiger partial charge in [0.1, 0.15) is 12.4 Å². The molecular weight excluding hydrogens is 312 g/mol. The molecule has 1 aliphatic heterocycles. The number of rotatable bonds is 4. The van der Waals surface area contributed by atoms with Gasteiger partial charge in [0.25, 0.3) is 0 Å². The summed E-state index contributed by atoms with van der Waals surface area (Å²) in [5.41, 5.74) is 0.793. The number of hydrogen-bond acceptors (Lipinski definition) is 4. The van der Waals surface area contributed by atoms with Crippen LogP contribution < -0.4 is 10.2 Å². The van der Waals surface area contributed by atoms with Gasteiger partial charge in [-0.2, -0.15) is 5.10 Å². The van der Waals surface area contributed by atoms with E-state index in [0.29, 0.717) is 11.6 Å². The van der Waals surface area contributed by atoms with Crippen LogP contribution in [0.3, 0.4) is 0 Å². The van der Waals surface area contributed by atoms with Crippen molar-refractivity contribution in [1.82, 2.24) is 9.78 Å². The number of amides is 2. The zero-order valence-corrected chi connectivity index (χ0v) is 13.8. The lowest BCUT2D eigenvalue weighted by Gasteiger charge is -2.28. The third kappa shape index (κ3) is 3.24. The number of nitrogens with zero attached hydrogens (tertiary/aromatic N) is 3. The van der Waals surface area contributed by atoms with Crippen LogP contribution >= 0.6 is 11.8 Å². The summed E-state index contributed by atoms with van der Waals surface area (Å²) in [7, 11) is 0. The first-order valence-corrected chi connectivity index (χ1v) is 8.40. The van der Waals surface area contributed by atoms with Crippen molar-refractivity contribution in [2.45, 2.75) is 24.8 Å². The highest BCUT2D eigenvalue weighted by Gasteiger charge is 2.26. The Kier molecular flexibility index (Phi) is 4.38. The predicted octanol–water partition coefficient (Wildman–Crippen LogP) is 2.54. The molecule has 6 nitrogen and oxygen atoms in total. The molecule has 1 N–H and O–H groups in total. The van der Waals surface area contributed by atoms with Gasteiger partial charge in [-0.1, -0.05) is 12.1 Å². The second kappa shape index (κ2) is 6.45. The summed E-state index contributed by atoms with van der Waals surface area (Å²) in [5.74, 6) is 0.703. The summed E-state index contributed by atoms with van der Waals surface area (Å²) >= 11 is 1.50. The molecule has 0 bridgehead atoms. The molecule has 23 heavy (non-hydrogen) atoms. The van der Waals surface area contributed by atoms with Gasteiger partial charge in [-0.05, 0) is 26.0 Å². The standard InChI is InChI=1S/C16H18N4O2S/c1-11(2)20-14(7-8-17-20)18-15(21)9-19-12-5-3-4-6-13(12)23-10-16(19)22/h3-8,11H,9-10H2,1-2H3,(H,18,21). The number of carbonyl (C=O) groups is 2. The molecule has 0 radical (unpaired) electrons. The Morgan fingerprint density at radius 1 is 1.35 bits per heavy atom. The first-order chi connectivity index (χ1) is 11.1. The molecule has 1 aromatic heterocycles. The lowest BCUT2D eigenvalue weighted by Crippen LogP contribution is -2.41. The van der Waals surface area contributed by atoms with Gasteiger partial charge < -0.3 is 10.2 Å². The Morgan fingerprint density at radius 3 is 2.91 bits per heavy atom. The van der Waals surface area contributed by atoms with Crippen LogP contribution in [-0.4, -0.2) is 33.9 Å². The van der Waals surface area contributed by atoms with Gasteiger partial charge in [0.15, 0.2) is 0 Å². The van der Waals surface area contributed by atoms with E-state index < -0.39 is 0 Å². The average Bonchev–Trinajstić information content (AvgIpc) is 2.98. The van der Waals surface area contributed by atoms with Crippen LogP contribution in [0, 0.1) is 0 Å². The molecule has 2 heterocycles. The van der Waals surface area contributed by atoms with Crippen molar-refractivity contribution in [2.75, 3.05) is 22.5 Å². The number of nitrogens with one attached hydrogen (secondary N) is 1. The van der Waals surface area contributed by atoms with Crippen LogP contribution in [0.1, 0.15) is 19.9 Å². The second-order valence-corrected chi connectivity index (χ2v) is 6.56. The van der Waals surface area contributed by atoms with Gasteiger partial charge in [0.2, 0.25) is 11.8 Å². The number of para-hydroxylation sites is 1. The number of benzene rings is 1. The minimum atomic E-state index is -0.234. The van der Waals surface area contributed by atoms with Crippen molar-refractivity contribution in [3.05, 3.63) is 36.5 Å². The normalized spacial score (nSPS) is 14.0. The molecule has 0 atom stereocenters. The largest absolute Gasteiger partial charge is 0.309 e. The van der Waals surface area contributed by atoms with Crippen LogP contribution in [0.4, 0.5) is 11.5 Å². The molecule has 0 saturated heterocycles. The summed E-state index contributed by atoms with van der Waals surface area (Å²) in [4.78, 5) is 27.1. The molecule has 1 aliphatic rings. The summed E-state index contributed by atoms with van der Waals surface area (Å²) in [5, 5.41) is 7.02. The highest BCUT2D eigenvalue weighted by Crippen LogP contribution is 2.34. The third-order valence-electron chi connectivity index (χ3n) is 3.54. The van der Waals surface area contributed by atoms with Crippen molar-refractivity contribution in [1.29, 1.82) is 0 Å². The first-order valence-electron chi connectivity index (χ1n) is 7.42. The highest BCUT2D eigenvalue weighted by molar-refractivity contribution is 8.00. The minimum absolute atomic E-state index is 0.000316. The summed E-state index contributed by atoms with van der Waals surface area (Å²) in [6.45, 7) is 3.98. The summed E-state index contributed by atoms with van der Waals surface area (Å²) < 4.78 is 1.74. The van der Waals surface area contributed by atoms with Crippen LogP contribution in [-0.2, 0) is 9.59 Å². The molecule has 0 spiro atoms. The van der Waals surface area contributed by atoms with Gasteiger partial charge in [0, 0.05) is 17.0 Å². The molecule has 0 fully saturated rings. The number of aromatic nitrogens is 2. The van der Waals surface area contributed by atoms with Gasteiger partial charge in [-0.3, -0.25) is 9.59 Å². The number of carbonyl (C=O) groups excluding carboxylic acids is 2. The van der Waals surface area contributed by atoms with E-state index in [1.54, 1.807) is 16.9 Å². The SMILES string of the molecule is CC(C)n1nccc1NC(=O)CN1C(=O)CSc2ccccc21. The van der Waals surface area contributed by atoms with E-state index in [1.165, 1.54) is 16.7 Å². The average molecular weight is 330 g/mol. The predicted molar refractivity (Wildman–Crippen MR) is 90.8 cm³/mol. The molecule has 3 rings (SSSR count). The topological polar surface area (TPSA) is 67.2 Å². The molecule has 0 saturated carbocycles. The Hall–Kier alpha value is -2.28. The maximum Gasteiger partial charge on any atom is 0.245 e. The Bertz CT molecular complexity index is 741. The first kappa shape index (κ1) is 15.6. The maximum absolute atomic E-state index is 12.4. The third-order valence-corrected chi connectivity index (χ3v) is 4.58. The summed E-state index contributed by atoms with van der Waals surface area (Å²) in [6, 6.07) is 9.53. The fourth-order valence-corrected chi connectivity index (χ4v) is 3.41. The van der Waals surface area contributed by atoms with Crippen molar-refractivity contribution in [2.24, 2.45) is 0 Å². The molecule has 2 aromatic rings. The van der Waals surface area contributed by atoms with Crippen LogP contribution in [0.5, 0.6) is 0 Å². The number of fused-ring (bicyclic) bond motifs is 1. The smallest absolute Gasteiger partial charge is 0.245 e. The molecule has 1 aromatic carbocycles. The second-order valence-electron chi connectivity index (χ2n) is 5.54. The summed E-state index contributed by atoms with van der Waals surface area (Å²) in [6.07, 6.45) is 1.65. The van der Waals surface area contributed by atoms with Crippen LogP contribution in [0.2, 0.25) is 0 Å². The zero-order valence-electron chi connectivity index (χ0n) is 13.0. The van der Waals surface area contributed by atoms with Crippen molar-refractivity contribution in [3.8, 4) is 0 Å². The fourth-order valence-electron chi connectivity index (χ4n) is 2.48. The van der Waals surface area contributed by atoms with Gasteiger partial charge in [-0.15, -0.1) is 11.8 Å². The fraction of sp³-hybridized carbons (Fsp3) is 0.312. The lowest BCUT2D eigenvalue weighted by atomic mass is 10.2. The molecule has 2 amide bonds. The molecule has 7 heteroatoms. The Morgan fingerprint density at radius 2 is 2.13 bits per heavy atom. The molecule has 0 unspecified atom stereocenters. The Balaban J connectivity index is 1.75. The van der Waals surface area contributed by atoms with Crippen molar-refractivity contribution >= 4 is 35.1 Å². The monoisotopic (exact) mass is 330 g/mol. The van der Waals surface area contributed by atoms with E-state index in [9.17, 15) is 9.59 Å². The van der Waals surface area contributed by atoms with Crippen LogP contribution in [0.25, 0.3) is 0 Å². The van der Waals surface area contributed by atoms with E-state index in [-0.39, 0.29) is 24.4 Å². The minimum Gasteiger partial charge on any atom is -0.309 e. The lowest BCUT2D eigenvalue weighted by molar-refractivity contribution is -0.120. The van der Waals surface area contributed by atoms with E-state index in [2.05, 4.69) is 10.4 Å². The van der Waals surface area contributed by atoms with Crippen molar-refractivity contribution < 1.29 is 9.59 Å². The quantitative estimate of drug-likeness (QED) is 0.935. The van der Waals surface area contributed by atoms with Crippen molar-refractivity contribution in [3.63, 3.8) is 0 Å². The number of thioether (sulfide) groups is 1. The molecular formula is C16H18N4O2S. The Labute approximate surface area is 138 Å². The van der Waals surface area contributed by atoms with E-state index in [1.807, 2.05) is 38.1 Å². The van der Waals surface area contributed by atoms with E-state index in [0.717, 1.165) is 10.6 Å². The molecule has 0 aliphatic carbocycles. The van der Waals surface area contributed by atoms with E-state index >= 15 is 0 Å². The van der Waals surface area contributed by atoms with Crippen LogP contribution in [0.15, 0.2) is 41.4 Å². The zero-order chi connectivity index (χ0) is 16.4. The highest BCUT2D eigenvalue weighted by atomic mass is 32.2. The maximum atomic E-state index is 12.4.